The van der Waals surface area contributed by atoms with Crippen molar-refractivity contribution in [3.8, 4) is 11.5 Å². The number of benzene rings is 2. The van der Waals surface area contributed by atoms with Gasteiger partial charge >= 0.3 is 26.2 Å². The summed E-state index contributed by atoms with van der Waals surface area (Å²) in [5, 5.41) is 43.8. The van der Waals surface area contributed by atoms with Crippen molar-refractivity contribution >= 4 is 7.32 Å². The summed E-state index contributed by atoms with van der Waals surface area (Å²) in [6.45, 7) is 0.0996. The molecule has 0 atom stereocenters. The molecule has 0 saturated carbocycles. The van der Waals surface area contributed by atoms with Gasteiger partial charge in [0.1, 0.15) is 11.5 Å². The molecule has 2 aromatic carbocycles. The average Bonchev–Trinajstić information content (AvgIpc) is 2.58. The summed E-state index contributed by atoms with van der Waals surface area (Å²) in [4.78, 5) is 0. The quantitative estimate of drug-likeness (QED) is 0.359. The zero-order valence-corrected chi connectivity index (χ0v) is 13.5. The summed E-state index contributed by atoms with van der Waals surface area (Å²) in [5.74, 6) is 0.147. The van der Waals surface area contributed by atoms with E-state index in [9.17, 15) is 15.2 Å². The van der Waals surface area contributed by atoms with Gasteiger partial charge in [0.25, 0.3) is 0 Å². The van der Waals surface area contributed by atoms with Crippen LogP contribution in [0, 0.1) is 0 Å². The van der Waals surface area contributed by atoms with E-state index >= 15 is 0 Å². The summed E-state index contributed by atoms with van der Waals surface area (Å²) in [7, 11) is -2.02. The fraction of sp³-hybridized carbons (Fsp3) is 0.143. The van der Waals surface area contributed by atoms with Crippen LogP contribution in [0.4, 0.5) is 0 Å². The van der Waals surface area contributed by atoms with E-state index in [-0.39, 0.29) is 43.4 Å². The predicted molar refractivity (Wildman–Crippen MR) is 81.3 cm³/mol. The predicted octanol–water partition coefficient (Wildman–Crippen LogP) is -1.09. The molecule has 0 heterocycles. The SMILES string of the molecule is [Li+].[O-]B(O/N=N/Cc1ccccc1O)O/N=N/Cc1ccccc1O. The van der Waals surface area contributed by atoms with Crippen molar-refractivity contribution in [1.29, 1.82) is 0 Å². The maximum Gasteiger partial charge on any atom is 1.00 e. The first-order valence-electron chi connectivity index (χ1n) is 6.91. The Morgan fingerprint density at radius 3 is 1.60 bits per heavy atom. The van der Waals surface area contributed by atoms with Crippen molar-refractivity contribution in [1.82, 2.24) is 0 Å². The minimum atomic E-state index is -2.02. The molecule has 0 spiro atoms. The molecule has 9 nitrogen and oxygen atoms in total. The molecule has 11 heteroatoms. The van der Waals surface area contributed by atoms with Gasteiger partial charge in [-0.3, -0.25) is 0 Å². The Bertz CT molecular complexity index is 660. The maximum atomic E-state index is 11.2. The standard InChI is InChI=1S/C14H14BN4O5.Li/c20-13-7-3-1-5-11(13)9-16-18-23-15(22)24-19-17-10-12-6-2-4-8-14(12)21;/h1-8,20-21H,9-10H2;/q-1;+1/b18-16+,19-17+;. The zero-order valence-electron chi connectivity index (χ0n) is 13.5. The fourth-order valence-electron chi connectivity index (χ4n) is 1.66. The van der Waals surface area contributed by atoms with E-state index in [0.29, 0.717) is 11.1 Å². The van der Waals surface area contributed by atoms with E-state index in [1.807, 2.05) is 0 Å². The molecule has 2 aromatic rings. The maximum absolute atomic E-state index is 11.2. The molecule has 25 heavy (non-hydrogen) atoms. The molecule has 0 aliphatic rings. The van der Waals surface area contributed by atoms with Crippen molar-refractivity contribution in [3.05, 3.63) is 59.7 Å². The Kier molecular flexibility index (Phi) is 9.10. The minimum Gasteiger partial charge on any atom is -0.805 e. The van der Waals surface area contributed by atoms with Gasteiger partial charge in [-0.2, -0.15) is 10.2 Å². The van der Waals surface area contributed by atoms with Gasteiger partial charge in [0.05, 0.1) is 13.1 Å². The van der Waals surface area contributed by atoms with Crippen LogP contribution >= 0.6 is 0 Å². The van der Waals surface area contributed by atoms with E-state index in [4.69, 9.17) is 0 Å². The largest absolute Gasteiger partial charge is 1.00 e. The van der Waals surface area contributed by atoms with Crippen molar-refractivity contribution in [2.24, 2.45) is 20.8 Å². The summed E-state index contributed by atoms with van der Waals surface area (Å²) in [6.07, 6.45) is 0. The van der Waals surface area contributed by atoms with Gasteiger partial charge in [0.2, 0.25) is 0 Å². The Morgan fingerprint density at radius 2 is 1.20 bits per heavy atom. The number of nitrogens with zero attached hydrogens (tertiary/aromatic N) is 4. The van der Waals surface area contributed by atoms with Gasteiger partial charge in [0, 0.05) is 21.7 Å². The molecule has 2 N–H and O–H groups in total. The third-order valence-electron chi connectivity index (χ3n) is 2.85. The smallest absolute Gasteiger partial charge is 0.805 e. The summed E-state index contributed by atoms with van der Waals surface area (Å²) in [6, 6.07) is 13.2. The van der Waals surface area contributed by atoms with E-state index in [0.717, 1.165) is 0 Å². The van der Waals surface area contributed by atoms with Crippen LogP contribution in [0.5, 0.6) is 11.5 Å². The number of hydrogen-bond acceptors (Lipinski definition) is 9. The van der Waals surface area contributed by atoms with Crippen molar-refractivity contribution in [2.75, 3.05) is 0 Å². The normalized spacial score (nSPS) is 10.6. The molecular formula is C14H14BLiN4O5. The van der Waals surface area contributed by atoms with Gasteiger partial charge in [-0.1, -0.05) is 36.4 Å². The van der Waals surface area contributed by atoms with Gasteiger partial charge in [-0.15, -0.1) is 0 Å². The van der Waals surface area contributed by atoms with Crippen molar-refractivity contribution < 1.29 is 43.6 Å². The topological polar surface area (TPSA) is 131 Å². The van der Waals surface area contributed by atoms with Crippen LogP contribution in [0.3, 0.4) is 0 Å². The number of hydrogen-bond donors (Lipinski definition) is 2. The zero-order chi connectivity index (χ0) is 17.2. The second kappa shape index (κ2) is 11.1. The van der Waals surface area contributed by atoms with Gasteiger partial charge in [-0.05, 0) is 12.1 Å². The molecule has 124 valence electrons. The molecule has 0 radical (unpaired) electrons. The number of phenols is 2. The Hall–Kier alpha value is -2.54. The third kappa shape index (κ3) is 7.26. The molecule has 0 fully saturated rings. The second-order valence-corrected chi connectivity index (χ2v) is 4.52. The Morgan fingerprint density at radius 1 is 0.800 bits per heavy atom. The van der Waals surface area contributed by atoms with Gasteiger partial charge < -0.3 is 24.7 Å². The van der Waals surface area contributed by atoms with Crippen LogP contribution in [0.1, 0.15) is 11.1 Å². The molecule has 0 aliphatic heterocycles. The van der Waals surface area contributed by atoms with Crippen LogP contribution in [0.15, 0.2) is 69.3 Å². The molecule has 0 unspecified atom stereocenters. The Balaban J connectivity index is 0.00000312. The first-order valence-corrected chi connectivity index (χ1v) is 6.91. The van der Waals surface area contributed by atoms with Crippen molar-refractivity contribution in [3.63, 3.8) is 0 Å². The fourth-order valence-corrected chi connectivity index (χ4v) is 1.66. The molecule has 0 amide bonds. The molecule has 0 bridgehead atoms. The van der Waals surface area contributed by atoms with Crippen molar-refractivity contribution in [2.45, 2.75) is 13.1 Å². The number of rotatable bonds is 8. The molecular weight excluding hydrogens is 322 g/mol. The minimum absolute atomic E-state index is 0. The Labute approximate surface area is 156 Å². The number of para-hydroxylation sites is 2. The number of aromatic hydroxyl groups is 2. The first kappa shape index (κ1) is 20.5. The molecule has 0 saturated heterocycles. The van der Waals surface area contributed by atoms with Crippen LogP contribution in [0.2, 0.25) is 0 Å². The van der Waals surface area contributed by atoms with Gasteiger partial charge in [-0.25, -0.2) is 0 Å². The number of phenolic OH excluding ortho intramolecular Hbond substituents is 2. The van der Waals surface area contributed by atoms with E-state index in [1.165, 1.54) is 12.1 Å². The summed E-state index contributed by atoms with van der Waals surface area (Å²) < 4.78 is 8.75. The van der Waals surface area contributed by atoms with Gasteiger partial charge in [0.15, 0.2) is 0 Å². The van der Waals surface area contributed by atoms with E-state index in [2.05, 4.69) is 30.3 Å². The molecule has 0 aromatic heterocycles. The van der Waals surface area contributed by atoms with Crippen LogP contribution in [0.25, 0.3) is 0 Å². The monoisotopic (exact) mass is 336 g/mol. The first-order chi connectivity index (χ1) is 11.7. The van der Waals surface area contributed by atoms with Crippen LogP contribution in [-0.4, -0.2) is 17.5 Å². The van der Waals surface area contributed by atoms with E-state index in [1.54, 1.807) is 36.4 Å². The molecule has 2 rings (SSSR count). The summed E-state index contributed by atoms with van der Waals surface area (Å²) in [5.41, 5.74) is 1.08. The average molecular weight is 336 g/mol. The third-order valence-corrected chi connectivity index (χ3v) is 2.85. The second-order valence-electron chi connectivity index (χ2n) is 4.52. The van der Waals surface area contributed by atoms with E-state index < -0.39 is 7.32 Å². The summed E-state index contributed by atoms with van der Waals surface area (Å²) >= 11 is 0. The molecule has 0 aliphatic carbocycles. The van der Waals surface area contributed by atoms with Crippen LogP contribution in [-0.2, 0) is 22.6 Å². The van der Waals surface area contributed by atoms with Crippen LogP contribution < -0.4 is 23.9 Å².